The summed E-state index contributed by atoms with van der Waals surface area (Å²) in [5.74, 6) is 0.769. The lowest BCUT2D eigenvalue weighted by Gasteiger charge is -2.03. The summed E-state index contributed by atoms with van der Waals surface area (Å²) in [5, 5.41) is 0. The molecule has 0 N–H and O–H groups in total. The molecule has 0 saturated heterocycles. The second-order valence-electron chi connectivity index (χ2n) is 3.75. The van der Waals surface area contributed by atoms with Gasteiger partial charge in [-0.15, -0.1) is 11.3 Å². The molecular formula is C13H9ClN2S. The summed E-state index contributed by atoms with van der Waals surface area (Å²) >= 11 is 7.57. The fourth-order valence-electron chi connectivity index (χ4n) is 1.81. The van der Waals surface area contributed by atoms with Gasteiger partial charge in [0, 0.05) is 5.56 Å². The van der Waals surface area contributed by atoms with E-state index >= 15 is 0 Å². The summed E-state index contributed by atoms with van der Waals surface area (Å²) in [4.78, 5) is 8.92. The molecule has 0 aliphatic carbocycles. The summed E-state index contributed by atoms with van der Waals surface area (Å²) in [6, 6.07) is 12.0. The molecule has 2 aromatic heterocycles. The maximum atomic E-state index is 6.05. The van der Waals surface area contributed by atoms with Crippen LogP contribution in [0.4, 0.5) is 0 Å². The predicted octanol–water partition coefficient (Wildman–Crippen LogP) is 4.32. The summed E-state index contributed by atoms with van der Waals surface area (Å²) in [7, 11) is 0. The zero-order valence-corrected chi connectivity index (χ0v) is 10.7. The van der Waals surface area contributed by atoms with E-state index in [0.717, 1.165) is 31.6 Å². The minimum Gasteiger partial charge on any atom is -0.232 e. The summed E-state index contributed by atoms with van der Waals surface area (Å²) < 4.78 is 1.80. The average molecular weight is 261 g/mol. The summed E-state index contributed by atoms with van der Waals surface area (Å²) in [6.45, 7) is 1.90. The Labute approximate surface area is 108 Å². The third kappa shape index (κ3) is 1.92. The van der Waals surface area contributed by atoms with Crippen molar-refractivity contribution in [1.82, 2.24) is 9.97 Å². The highest BCUT2D eigenvalue weighted by molar-refractivity contribution is 7.23. The van der Waals surface area contributed by atoms with Crippen molar-refractivity contribution in [3.8, 4) is 11.3 Å². The lowest BCUT2D eigenvalue weighted by atomic mass is 10.1. The maximum absolute atomic E-state index is 6.05. The van der Waals surface area contributed by atoms with Crippen LogP contribution in [-0.2, 0) is 0 Å². The topological polar surface area (TPSA) is 25.8 Å². The predicted molar refractivity (Wildman–Crippen MR) is 72.6 cm³/mol. The van der Waals surface area contributed by atoms with Crippen molar-refractivity contribution in [3.63, 3.8) is 0 Å². The highest BCUT2D eigenvalue weighted by atomic mass is 35.5. The Morgan fingerprint density at radius 2 is 1.88 bits per heavy atom. The first-order chi connectivity index (χ1) is 8.24. The second-order valence-corrected chi connectivity index (χ2v) is 5.43. The monoisotopic (exact) mass is 260 g/mol. The van der Waals surface area contributed by atoms with E-state index in [1.807, 2.05) is 31.2 Å². The average Bonchev–Trinajstić information content (AvgIpc) is 2.69. The molecule has 0 aliphatic heterocycles. The van der Waals surface area contributed by atoms with Crippen LogP contribution in [0.25, 0.3) is 21.5 Å². The van der Waals surface area contributed by atoms with Crippen LogP contribution < -0.4 is 0 Å². The third-order valence-electron chi connectivity index (χ3n) is 2.50. The molecule has 0 aliphatic rings. The molecule has 0 atom stereocenters. The second kappa shape index (κ2) is 4.09. The van der Waals surface area contributed by atoms with Crippen LogP contribution >= 0.6 is 22.9 Å². The van der Waals surface area contributed by atoms with Gasteiger partial charge in [-0.25, -0.2) is 9.97 Å². The SMILES string of the molecule is Cc1nc(-c2ccccc2)c2sc(Cl)cc2n1. The van der Waals surface area contributed by atoms with E-state index in [0.29, 0.717) is 0 Å². The molecule has 0 fully saturated rings. The molecule has 0 spiro atoms. The number of fused-ring (bicyclic) bond motifs is 1. The summed E-state index contributed by atoms with van der Waals surface area (Å²) in [6.07, 6.45) is 0. The van der Waals surface area contributed by atoms with Gasteiger partial charge in [0.15, 0.2) is 0 Å². The van der Waals surface area contributed by atoms with Gasteiger partial charge in [-0.2, -0.15) is 0 Å². The van der Waals surface area contributed by atoms with E-state index in [1.54, 1.807) is 0 Å². The van der Waals surface area contributed by atoms with E-state index in [-0.39, 0.29) is 0 Å². The van der Waals surface area contributed by atoms with Crippen molar-refractivity contribution in [3.05, 3.63) is 46.6 Å². The molecule has 17 heavy (non-hydrogen) atoms. The van der Waals surface area contributed by atoms with Gasteiger partial charge in [0.1, 0.15) is 5.82 Å². The standard InChI is InChI=1S/C13H9ClN2S/c1-8-15-10-7-11(14)17-13(10)12(16-8)9-5-3-2-4-6-9/h2-7H,1H3. The molecule has 4 heteroatoms. The first-order valence-electron chi connectivity index (χ1n) is 5.23. The lowest BCUT2D eigenvalue weighted by molar-refractivity contribution is 1.10. The van der Waals surface area contributed by atoms with Crippen LogP contribution in [0.2, 0.25) is 4.34 Å². The van der Waals surface area contributed by atoms with E-state index < -0.39 is 0 Å². The van der Waals surface area contributed by atoms with E-state index in [1.165, 1.54) is 11.3 Å². The highest BCUT2D eigenvalue weighted by Gasteiger charge is 2.10. The van der Waals surface area contributed by atoms with Crippen molar-refractivity contribution in [2.45, 2.75) is 6.92 Å². The van der Waals surface area contributed by atoms with Crippen LogP contribution in [-0.4, -0.2) is 9.97 Å². The van der Waals surface area contributed by atoms with Gasteiger partial charge in [0.05, 0.1) is 20.2 Å². The Morgan fingerprint density at radius 1 is 1.12 bits per heavy atom. The number of benzene rings is 1. The molecule has 0 saturated carbocycles. The maximum Gasteiger partial charge on any atom is 0.126 e. The molecule has 0 radical (unpaired) electrons. The molecule has 0 unspecified atom stereocenters. The smallest absolute Gasteiger partial charge is 0.126 e. The number of aromatic nitrogens is 2. The number of hydrogen-bond donors (Lipinski definition) is 0. The number of nitrogens with zero attached hydrogens (tertiary/aromatic N) is 2. The Kier molecular flexibility index (Phi) is 2.57. The van der Waals surface area contributed by atoms with E-state index in [4.69, 9.17) is 11.6 Å². The van der Waals surface area contributed by atoms with Gasteiger partial charge in [-0.3, -0.25) is 0 Å². The zero-order valence-electron chi connectivity index (χ0n) is 9.14. The zero-order chi connectivity index (χ0) is 11.8. The third-order valence-corrected chi connectivity index (χ3v) is 3.76. The van der Waals surface area contributed by atoms with Crippen LogP contribution in [0, 0.1) is 6.92 Å². The van der Waals surface area contributed by atoms with E-state index in [9.17, 15) is 0 Å². The van der Waals surface area contributed by atoms with Crippen molar-refractivity contribution < 1.29 is 0 Å². The molecule has 2 heterocycles. The number of thiophene rings is 1. The lowest BCUT2D eigenvalue weighted by Crippen LogP contribution is -1.91. The molecule has 2 nitrogen and oxygen atoms in total. The Hall–Kier alpha value is -1.45. The van der Waals surface area contributed by atoms with Crippen molar-refractivity contribution in [2.75, 3.05) is 0 Å². The number of hydrogen-bond acceptors (Lipinski definition) is 3. The minimum atomic E-state index is 0.747. The van der Waals surface area contributed by atoms with Crippen molar-refractivity contribution in [1.29, 1.82) is 0 Å². The Morgan fingerprint density at radius 3 is 2.65 bits per heavy atom. The molecular weight excluding hydrogens is 252 g/mol. The molecule has 1 aromatic carbocycles. The normalized spacial score (nSPS) is 10.9. The largest absolute Gasteiger partial charge is 0.232 e. The molecule has 84 valence electrons. The number of rotatable bonds is 1. The minimum absolute atomic E-state index is 0.747. The number of halogens is 1. The molecule has 0 bridgehead atoms. The fourth-order valence-corrected chi connectivity index (χ4v) is 2.98. The van der Waals surface area contributed by atoms with Gasteiger partial charge >= 0.3 is 0 Å². The van der Waals surface area contributed by atoms with Gasteiger partial charge in [0.2, 0.25) is 0 Å². The van der Waals surface area contributed by atoms with E-state index in [2.05, 4.69) is 22.1 Å². The first kappa shape index (κ1) is 10.7. The van der Waals surface area contributed by atoms with Gasteiger partial charge in [-0.05, 0) is 13.0 Å². The van der Waals surface area contributed by atoms with Gasteiger partial charge in [-0.1, -0.05) is 41.9 Å². The van der Waals surface area contributed by atoms with Crippen molar-refractivity contribution in [2.24, 2.45) is 0 Å². The van der Waals surface area contributed by atoms with Gasteiger partial charge < -0.3 is 0 Å². The van der Waals surface area contributed by atoms with Gasteiger partial charge in [0.25, 0.3) is 0 Å². The first-order valence-corrected chi connectivity index (χ1v) is 6.42. The highest BCUT2D eigenvalue weighted by Crippen LogP contribution is 2.34. The number of aryl methyl sites for hydroxylation is 1. The molecule has 0 amide bonds. The summed E-state index contributed by atoms with van der Waals surface area (Å²) in [5.41, 5.74) is 2.98. The fraction of sp³-hybridized carbons (Fsp3) is 0.0769. The van der Waals surface area contributed by atoms with Crippen LogP contribution in [0.3, 0.4) is 0 Å². The van der Waals surface area contributed by atoms with Crippen molar-refractivity contribution >= 4 is 33.2 Å². The Bertz CT molecular complexity index is 676. The quantitative estimate of drug-likeness (QED) is 0.651. The van der Waals surface area contributed by atoms with Crippen LogP contribution in [0.15, 0.2) is 36.4 Å². The molecule has 3 rings (SSSR count). The Balaban J connectivity index is 2.35. The molecule has 3 aromatic rings. The van der Waals surface area contributed by atoms with Crippen LogP contribution in [0.5, 0.6) is 0 Å². The van der Waals surface area contributed by atoms with Crippen LogP contribution in [0.1, 0.15) is 5.82 Å².